The fourth-order valence-corrected chi connectivity index (χ4v) is 5.52. The van der Waals surface area contributed by atoms with Crippen molar-refractivity contribution in [1.29, 1.82) is 0 Å². The first-order valence-corrected chi connectivity index (χ1v) is 12.3. The summed E-state index contributed by atoms with van der Waals surface area (Å²) in [6.45, 7) is 2.29. The molecule has 0 amide bonds. The zero-order valence-corrected chi connectivity index (χ0v) is 21.1. The molecular formula is C24H28ClN5O4S. The zero-order chi connectivity index (χ0) is 23.5. The number of fused-ring (bicyclic) bond motifs is 1. The molecule has 0 saturated carbocycles. The first-order chi connectivity index (χ1) is 16.7. The molecule has 0 bridgehead atoms. The lowest BCUT2D eigenvalue weighted by Gasteiger charge is -2.24. The van der Waals surface area contributed by atoms with Crippen LogP contribution in [0.4, 0.5) is 0 Å². The maximum atomic E-state index is 13.7. The standard InChI is InChI=1S/C24H27N5O4S.ClH/c1-32-13-5-8-20-26-21(33-27-20)15-28-18-14-19(16-6-3-2-4-7-16)34-22(18)23(30)29(24(28)31)17-9-11-25-12-10-17;/h2-4,6-7,14,17,25H,5,8-13,15H2,1H3;1H. The third-order valence-electron chi connectivity index (χ3n) is 6.14. The second-order valence-electron chi connectivity index (χ2n) is 8.42. The highest BCUT2D eigenvalue weighted by molar-refractivity contribution is 7.22. The van der Waals surface area contributed by atoms with E-state index in [0.29, 0.717) is 35.0 Å². The Bertz CT molecular complexity index is 1390. The van der Waals surface area contributed by atoms with Crippen LogP contribution in [-0.4, -0.2) is 46.1 Å². The van der Waals surface area contributed by atoms with Crippen molar-refractivity contribution in [3.63, 3.8) is 0 Å². The summed E-state index contributed by atoms with van der Waals surface area (Å²) in [5.74, 6) is 0.928. The van der Waals surface area contributed by atoms with Crippen LogP contribution < -0.4 is 16.6 Å². The molecule has 35 heavy (non-hydrogen) atoms. The van der Waals surface area contributed by atoms with Crippen LogP contribution in [0.15, 0.2) is 50.5 Å². The maximum absolute atomic E-state index is 13.7. The van der Waals surface area contributed by atoms with Crippen molar-refractivity contribution in [3.8, 4) is 10.4 Å². The average Bonchev–Trinajstić information content (AvgIpc) is 3.51. The smallest absolute Gasteiger partial charge is 0.332 e. The molecule has 1 saturated heterocycles. The van der Waals surface area contributed by atoms with Gasteiger partial charge in [-0.1, -0.05) is 35.5 Å². The van der Waals surface area contributed by atoms with E-state index in [9.17, 15) is 9.59 Å². The summed E-state index contributed by atoms with van der Waals surface area (Å²) in [6, 6.07) is 11.7. The number of thiophene rings is 1. The van der Waals surface area contributed by atoms with Gasteiger partial charge in [0.05, 0.1) is 5.52 Å². The minimum absolute atomic E-state index is 0. The summed E-state index contributed by atoms with van der Waals surface area (Å²) < 4.78 is 14.1. The van der Waals surface area contributed by atoms with Crippen LogP contribution in [0.3, 0.4) is 0 Å². The van der Waals surface area contributed by atoms with Gasteiger partial charge in [-0.2, -0.15) is 4.98 Å². The van der Waals surface area contributed by atoms with Crippen LogP contribution in [-0.2, 0) is 17.7 Å². The topological polar surface area (TPSA) is 104 Å². The van der Waals surface area contributed by atoms with Gasteiger partial charge in [0.15, 0.2) is 5.82 Å². The number of rotatable bonds is 8. The third kappa shape index (κ3) is 5.25. The van der Waals surface area contributed by atoms with Gasteiger partial charge in [-0.25, -0.2) is 4.79 Å². The molecular weight excluding hydrogens is 490 g/mol. The van der Waals surface area contributed by atoms with Gasteiger partial charge in [0.2, 0.25) is 5.89 Å². The number of hydrogen-bond acceptors (Lipinski definition) is 8. The number of benzene rings is 1. The molecule has 9 nitrogen and oxygen atoms in total. The van der Waals surface area contributed by atoms with E-state index in [1.807, 2.05) is 36.4 Å². The Hall–Kier alpha value is -2.79. The van der Waals surface area contributed by atoms with Gasteiger partial charge in [-0.3, -0.25) is 13.9 Å². The van der Waals surface area contributed by atoms with E-state index in [2.05, 4.69) is 15.5 Å². The molecule has 0 atom stereocenters. The van der Waals surface area contributed by atoms with Crippen LogP contribution in [0.2, 0.25) is 0 Å². The minimum atomic E-state index is -0.332. The number of hydrogen-bond donors (Lipinski definition) is 1. The Balaban J connectivity index is 0.00000289. The van der Waals surface area contributed by atoms with Crippen molar-refractivity contribution in [2.75, 3.05) is 26.8 Å². The molecule has 0 aliphatic carbocycles. The summed E-state index contributed by atoms with van der Waals surface area (Å²) in [7, 11) is 1.65. The summed E-state index contributed by atoms with van der Waals surface area (Å²) in [4.78, 5) is 32.6. The SMILES string of the molecule is COCCCc1noc(Cn2c(=O)n(C3CCNCC3)c(=O)c3sc(-c4ccccc4)cc32)n1.Cl. The lowest BCUT2D eigenvalue weighted by atomic mass is 10.1. The molecule has 186 valence electrons. The van der Waals surface area contributed by atoms with E-state index in [4.69, 9.17) is 9.26 Å². The van der Waals surface area contributed by atoms with Gasteiger partial charge in [0.1, 0.15) is 11.2 Å². The molecule has 0 spiro atoms. The van der Waals surface area contributed by atoms with Crippen molar-refractivity contribution in [1.82, 2.24) is 24.6 Å². The van der Waals surface area contributed by atoms with Gasteiger partial charge < -0.3 is 14.6 Å². The summed E-state index contributed by atoms with van der Waals surface area (Å²) in [6.07, 6.45) is 2.89. The van der Waals surface area contributed by atoms with E-state index in [-0.39, 0.29) is 36.2 Å². The van der Waals surface area contributed by atoms with Crippen LogP contribution in [0.25, 0.3) is 20.7 Å². The summed E-state index contributed by atoms with van der Waals surface area (Å²) in [5.41, 5.74) is 1.05. The molecule has 1 fully saturated rings. The monoisotopic (exact) mass is 517 g/mol. The Kier molecular flexibility index (Phi) is 8.17. The quantitative estimate of drug-likeness (QED) is 0.358. The van der Waals surface area contributed by atoms with E-state index < -0.39 is 0 Å². The lowest BCUT2D eigenvalue weighted by Crippen LogP contribution is -2.45. The highest BCUT2D eigenvalue weighted by Crippen LogP contribution is 2.32. The van der Waals surface area contributed by atoms with E-state index in [1.54, 1.807) is 11.7 Å². The van der Waals surface area contributed by atoms with Crippen LogP contribution in [0.1, 0.15) is 37.0 Å². The second-order valence-corrected chi connectivity index (χ2v) is 9.47. The van der Waals surface area contributed by atoms with Gasteiger partial charge in [0, 0.05) is 31.1 Å². The van der Waals surface area contributed by atoms with Crippen LogP contribution >= 0.6 is 23.7 Å². The number of aryl methyl sites for hydroxylation is 1. The Morgan fingerprint density at radius 2 is 1.97 bits per heavy atom. The maximum Gasteiger partial charge on any atom is 0.332 e. The molecule has 0 unspecified atom stereocenters. The molecule has 4 heterocycles. The number of nitrogens with one attached hydrogen (secondary N) is 1. The zero-order valence-electron chi connectivity index (χ0n) is 19.4. The fraction of sp³-hybridized carbons (Fsp3) is 0.417. The molecule has 4 aromatic rings. The van der Waals surface area contributed by atoms with E-state index in [0.717, 1.165) is 42.8 Å². The lowest BCUT2D eigenvalue weighted by molar-refractivity contribution is 0.194. The minimum Gasteiger partial charge on any atom is -0.385 e. The predicted octanol–water partition coefficient (Wildman–Crippen LogP) is 3.25. The average molecular weight is 518 g/mol. The number of piperidine rings is 1. The van der Waals surface area contributed by atoms with Crippen LogP contribution in [0.5, 0.6) is 0 Å². The van der Waals surface area contributed by atoms with Gasteiger partial charge in [-0.15, -0.1) is 23.7 Å². The van der Waals surface area contributed by atoms with Crippen molar-refractivity contribution >= 4 is 34.0 Å². The second kappa shape index (κ2) is 11.3. The molecule has 1 aliphatic heterocycles. The Morgan fingerprint density at radius 1 is 1.20 bits per heavy atom. The van der Waals surface area contributed by atoms with Crippen molar-refractivity contribution in [2.24, 2.45) is 0 Å². The first kappa shape index (κ1) is 25.3. The Labute approximate surface area is 212 Å². The van der Waals surface area contributed by atoms with Crippen molar-refractivity contribution in [3.05, 3.63) is 69.0 Å². The highest BCUT2D eigenvalue weighted by atomic mass is 35.5. The molecule has 1 N–H and O–H groups in total. The number of aromatic nitrogens is 4. The summed E-state index contributed by atoms with van der Waals surface area (Å²) in [5, 5.41) is 7.35. The molecule has 1 aliphatic rings. The predicted molar refractivity (Wildman–Crippen MR) is 138 cm³/mol. The molecule has 11 heteroatoms. The number of nitrogens with zero attached hydrogens (tertiary/aromatic N) is 4. The number of ether oxygens (including phenoxy) is 1. The molecule has 5 rings (SSSR count). The largest absolute Gasteiger partial charge is 0.385 e. The first-order valence-electron chi connectivity index (χ1n) is 11.5. The van der Waals surface area contributed by atoms with Crippen molar-refractivity contribution < 1.29 is 9.26 Å². The number of halogens is 1. The molecule has 1 aromatic carbocycles. The highest BCUT2D eigenvalue weighted by Gasteiger charge is 2.24. The van der Waals surface area contributed by atoms with Crippen LogP contribution in [0, 0.1) is 0 Å². The summed E-state index contributed by atoms with van der Waals surface area (Å²) >= 11 is 1.42. The number of methoxy groups -OCH3 is 1. The Morgan fingerprint density at radius 3 is 2.71 bits per heavy atom. The normalized spacial score (nSPS) is 14.3. The third-order valence-corrected chi connectivity index (χ3v) is 7.30. The van der Waals surface area contributed by atoms with Gasteiger partial charge in [0.25, 0.3) is 5.56 Å². The fourth-order valence-electron chi connectivity index (χ4n) is 4.41. The molecule has 0 radical (unpaired) electrons. The van der Waals surface area contributed by atoms with E-state index >= 15 is 0 Å². The van der Waals surface area contributed by atoms with Gasteiger partial charge in [-0.05, 0) is 44.0 Å². The van der Waals surface area contributed by atoms with Crippen molar-refractivity contribution in [2.45, 2.75) is 38.3 Å². The molecule has 3 aromatic heterocycles. The van der Waals surface area contributed by atoms with E-state index in [1.165, 1.54) is 15.9 Å². The van der Waals surface area contributed by atoms with Gasteiger partial charge >= 0.3 is 5.69 Å².